The van der Waals surface area contributed by atoms with Crippen molar-refractivity contribution >= 4 is 85.2 Å². The highest BCUT2D eigenvalue weighted by atomic mass is 35.5. The fraction of sp³-hybridized carbons (Fsp3) is 0.364. The molecule has 2 aromatic heterocycles. The van der Waals surface area contributed by atoms with Crippen LogP contribution in [0.2, 0.25) is 5.02 Å². The summed E-state index contributed by atoms with van der Waals surface area (Å²) in [6.07, 6.45) is 2.71. The van der Waals surface area contributed by atoms with E-state index in [2.05, 4.69) is 16.0 Å². The number of aliphatic carboxylic acids is 1. The van der Waals surface area contributed by atoms with Gasteiger partial charge in [0.05, 0.1) is 21.7 Å². The van der Waals surface area contributed by atoms with E-state index in [4.69, 9.17) is 21.4 Å². The number of aromatic nitrogens is 2. The van der Waals surface area contributed by atoms with E-state index < -0.39 is 40.5 Å². The van der Waals surface area contributed by atoms with Crippen LogP contribution in [0.15, 0.2) is 71.5 Å². The van der Waals surface area contributed by atoms with Crippen LogP contribution in [-0.4, -0.2) is 106 Å². The second-order valence-corrected chi connectivity index (χ2v) is 19.7. The average molecular weight is 948 g/mol. The van der Waals surface area contributed by atoms with Crippen molar-refractivity contribution in [2.24, 2.45) is 7.05 Å². The molecule has 8 rings (SSSR count). The highest BCUT2D eigenvalue weighted by Gasteiger charge is 2.34. The van der Waals surface area contributed by atoms with Gasteiger partial charge in [-0.2, -0.15) is 0 Å². The largest absolute Gasteiger partial charge is 0.479 e. The van der Waals surface area contributed by atoms with Gasteiger partial charge in [-0.25, -0.2) is 31.9 Å². The predicted molar refractivity (Wildman–Crippen MR) is 243 cm³/mol. The van der Waals surface area contributed by atoms with Gasteiger partial charge in [-0.3, -0.25) is 24.0 Å². The number of carboxylic acids is 2. The molecule has 5 heterocycles. The average Bonchev–Trinajstić information content (AvgIpc) is 3.74. The fourth-order valence-corrected chi connectivity index (χ4v) is 11.9. The quantitative estimate of drug-likeness (QED) is 0.0897. The van der Waals surface area contributed by atoms with E-state index in [-0.39, 0.29) is 76.9 Å². The van der Waals surface area contributed by atoms with E-state index in [1.807, 2.05) is 24.3 Å². The number of carbonyl (C=O) groups excluding carboxylic acids is 3. The Labute approximate surface area is 381 Å². The van der Waals surface area contributed by atoms with Gasteiger partial charge in [0, 0.05) is 57.1 Å². The molecule has 21 heteroatoms. The number of carbonyl (C=O) groups is 5. The molecule has 5 N–H and O–H groups in total. The van der Waals surface area contributed by atoms with Crippen LogP contribution in [-0.2, 0) is 37.2 Å². The Kier molecular flexibility index (Phi) is 13.1. The number of ether oxygens (including phenoxy) is 1. The molecular formula is C44H46ClN7O11S2. The molecule has 0 saturated carbocycles. The van der Waals surface area contributed by atoms with Gasteiger partial charge < -0.3 is 30.5 Å². The number of amides is 4. The molecule has 1 unspecified atom stereocenters. The number of carboxylic acid groups (broad SMARTS) is 2. The van der Waals surface area contributed by atoms with Crippen molar-refractivity contribution in [1.29, 1.82) is 0 Å². The minimum Gasteiger partial charge on any atom is -0.479 e. The molecule has 3 aromatic carbocycles. The van der Waals surface area contributed by atoms with Crippen molar-refractivity contribution in [1.82, 2.24) is 23.7 Å². The Morgan fingerprint density at radius 1 is 0.908 bits per heavy atom. The number of sulfonamides is 1. The molecule has 4 amide bonds. The Bertz CT molecular complexity index is 2880. The van der Waals surface area contributed by atoms with E-state index in [1.54, 1.807) is 59.0 Å². The minimum absolute atomic E-state index is 0.00132. The summed E-state index contributed by atoms with van der Waals surface area (Å²) in [4.78, 5) is 76.2. The van der Waals surface area contributed by atoms with Gasteiger partial charge in [0.25, 0.3) is 0 Å². The number of aromatic carboxylic acids is 1. The van der Waals surface area contributed by atoms with Crippen LogP contribution in [0, 0.1) is 0 Å². The Morgan fingerprint density at radius 2 is 1.62 bits per heavy atom. The maximum Gasteiger partial charge on any atom is 0.349 e. The maximum absolute atomic E-state index is 13.6. The topological polar surface area (TPSA) is 239 Å². The third-order valence-electron chi connectivity index (χ3n) is 12.1. The number of aryl methyl sites for hydroxylation is 1. The summed E-state index contributed by atoms with van der Waals surface area (Å²) in [6, 6.07) is 18.4. The molecule has 5 aromatic rings. The first kappa shape index (κ1) is 45.4. The second kappa shape index (κ2) is 18.7. The van der Waals surface area contributed by atoms with Crippen LogP contribution in [0.3, 0.4) is 0 Å². The van der Waals surface area contributed by atoms with Crippen LogP contribution >= 0.6 is 22.9 Å². The number of halogens is 1. The lowest BCUT2D eigenvalue weighted by Gasteiger charge is -2.33. The number of thiophene rings is 1. The number of para-hydroxylation sites is 1. The molecule has 18 nitrogen and oxygen atoms in total. The Morgan fingerprint density at radius 3 is 2.32 bits per heavy atom. The summed E-state index contributed by atoms with van der Waals surface area (Å²) < 4.78 is 37.0. The molecule has 3 aliphatic rings. The van der Waals surface area contributed by atoms with Gasteiger partial charge in [0.1, 0.15) is 11.1 Å². The summed E-state index contributed by atoms with van der Waals surface area (Å²) >= 11 is 7.36. The monoisotopic (exact) mass is 947 g/mol. The van der Waals surface area contributed by atoms with Crippen molar-refractivity contribution in [2.45, 2.75) is 62.3 Å². The van der Waals surface area contributed by atoms with E-state index in [9.17, 15) is 42.3 Å². The number of urea groups is 1. The summed E-state index contributed by atoms with van der Waals surface area (Å²) in [5, 5.41) is 27.4. The van der Waals surface area contributed by atoms with Crippen molar-refractivity contribution < 1.29 is 47.3 Å². The molecule has 0 spiro atoms. The number of imidazole rings is 1. The number of rotatable bonds is 13. The standard InChI is InChI=1S/C44H46ClN7O11S2/c1-49-37-31(9-4-10-32(37)52(44(49)60)33-11-12-34(53)48-41(33)56)26-13-17-50(18-14-26)43(59)47-29-7-2-5-25(21-29)24-65(61,62)51-19-15-28(16-20-51)46-30-8-3-6-27(22-30)39-36(45)38(63-23-35(54)55)40(64-39)42(57)58/h2-10,21-22,26,28,33,46H,11-20,23-24H2,1H3,(H,47,59)(H,54,55)(H,57,58)(H,48,53,56). The number of hydrogen-bond donors (Lipinski definition) is 5. The van der Waals surface area contributed by atoms with Gasteiger partial charge in [-0.05, 0) is 85.0 Å². The zero-order valence-electron chi connectivity index (χ0n) is 35.1. The van der Waals surface area contributed by atoms with Crippen LogP contribution < -0.4 is 26.4 Å². The Hall–Kier alpha value is -6.22. The predicted octanol–water partition coefficient (Wildman–Crippen LogP) is 5.68. The zero-order chi connectivity index (χ0) is 46.2. The third kappa shape index (κ3) is 9.61. The first-order chi connectivity index (χ1) is 31.1. The van der Waals surface area contributed by atoms with Crippen LogP contribution in [0.25, 0.3) is 21.5 Å². The lowest BCUT2D eigenvalue weighted by molar-refractivity contribution is -0.139. The van der Waals surface area contributed by atoms with E-state index in [1.165, 1.54) is 8.87 Å². The number of nitrogens with zero attached hydrogens (tertiary/aromatic N) is 4. The molecule has 342 valence electrons. The number of hydrogen-bond acceptors (Lipinski definition) is 11. The molecule has 3 saturated heterocycles. The summed E-state index contributed by atoms with van der Waals surface area (Å²) in [6.45, 7) is 0.710. The molecule has 3 aliphatic heterocycles. The number of likely N-dealkylation sites (tertiary alicyclic amines) is 1. The third-order valence-corrected chi connectivity index (χ3v) is 15.6. The number of nitrogens with one attached hydrogen (secondary N) is 3. The smallest absolute Gasteiger partial charge is 0.349 e. The zero-order valence-corrected chi connectivity index (χ0v) is 37.5. The van der Waals surface area contributed by atoms with Gasteiger partial charge in [0.2, 0.25) is 21.8 Å². The molecule has 1 atom stereocenters. The number of fused-ring (bicyclic) bond motifs is 1. The van der Waals surface area contributed by atoms with Crippen molar-refractivity contribution in [3.8, 4) is 16.2 Å². The second-order valence-electron chi connectivity index (χ2n) is 16.3. The number of piperidine rings is 3. The first-order valence-electron chi connectivity index (χ1n) is 21.0. The number of anilines is 2. The normalized spacial score (nSPS) is 17.8. The van der Waals surface area contributed by atoms with Gasteiger partial charge in [-0.1, -0.05) is 48.0 Å². The van der Waals surface area contributed by atoms with Gasteiger partial charge in [-0.15, -0.1) is 11.3 Å². The first-order valence-corrected chi connectivity index (χ1v) is 23.8. The van der Waals surface area contributed by atoms with Crippen molar-refractivity contribution in [2.75, 3.05) is 43.4 Å². The maximum atomic E-state index is 13.6. The summed E-state index contributed by atoms with van der Waals surface area (Å²) in [5.74, 6) is -3.83. The van der Waals surface area contributed by atoms with Crippen molar-refractivity contribution in [3.05, 3.63) is 98.2 Å². The van der Waals surface area contributed by atoms with Crippen LogP contribution in [0.4, 0.5) is 16.2 Å². The van der Waals surface area contributed by atoms with Crippen molar-refractivity contribution in [3.63, 3.8) is 0 Å². The fourth-order valence-electron chi connectivity index (χ4n) is 8.91. The number of imide groups is 1. The van der Waals surface area contributed by atoms with Crippen LogP contribution in [0.5, 0.6) is 5.75 Å². The molecule has 0 bridgehead atoms. The Balaban J connectivity index is 0.844. The molecule has 65 heavy (non-hydrogen) atoms. The highest BCUT2D eigenvalue weighted by molar-refractivity contribution is 7.88. The van der Waals surface area contributed by atoms with E-state index in [0.717, 1.165) is 22.4 Å². The van der Waals surface area contributed by atoms with Gasteiger partial charge in [0.15, 0.2) is 17.2 Å². The minimum atomic E-state index is -3.71. The number of benzene rings is 3. The summed E-state index contributed by atoms with van der Waals surface area (Å²) in [7, 11) is -2.04. The molecule has 0 radical (unpaired) electrons. The molecule has 0 aliphatic carbocycles. The molecule has 3 fully saturated rings. The summed E-state index contributed by atoms with van der Waals surface area (Å²) in [5.41, 5.74) is 4.28. The lowest BCUT2D eigenvalue weighted by atomic mass is 9.88. The molecular weight excluding hydrogens is 902 g/mol. The lowest BCUT2D eigenvalue weighted by Crippen LogP contribution is -2.44. The van der Waals surface area contributed by atoms with Crippen LogP contribution in [0.1, 0.15) is 71.3 Å². The SMILES string of the molecule is Cn1c(=O)n(C2CCC(=O)NC2=O)c2cccc(C3CCN(C(=O)Nc4cccc(CS(=O)(=O)N5CCC(Nc6cccc(-c7sc(C(=O)O)c(OCC(=O)O)c7Cl)c6)CC5)c4)CC3)c21. The van der Waals surface area contributed by atoms with Gasteiger partial charge >= 0.3 is 23.7 Å². The highest BCUT2D eigenvalue weighted by Crippen LogP contribution is 2.46. The van der Waals surface area contributed by atoms with E-state index >= 15 is 0 Å². The van der Waals surface area contributed by atoms with E-state index in [0.29, 0.717) is 71.7 Å².